The first-order valence-corrected chi connectivity index (χ1v) is 7.84. The molecule has 2 aromatic rings. The Morgan fingerprint density at radius 2 is 1.84 bits per heavy atom. The first kappa shape index (κ1) is 18.1. The number of nitriles is 1. The molecular weight excluding hydrogens is 320 g/mol. The van der Waals surface area contributed by atoms with E-state index in [1.54, 1.807) is 50.4 Å². The van der Waals surface area contributed by atoms with Gasteiger partial charge in [0, 0.05) is 0 Å². The van der Waals surface area contributed by atoms with Crippen LogP contribution < -0.4 is 19.5 Å². The van der Waals surface area contributed by atoms with E-state index < -0.39 is 6.10 Å². The first-order chi connectivity index (χ1) is 12.1. The summed E-state index contributed by atoms with van der Waals surface area (Å²) in [6.07, 6.45) is -0.654. The summed E-state index contributed by atoms with van der Waals surface area (Å²) in [7, 11) is 1.58. The van der Waals surface area contributed by atoms with E-state index in [-0.39, 0.29) is 5.91 Å². The van der Waals surface area contributed by atoms with Crippen LogP contribution in [0.25, 0.3) is 0 Å². The molecule has 0 saturated carbocycles. The van der Waals surface area contributed by atoms with Crippen LogP contribution in [0.15, 0.2) is 48.5 Å². The van der Waals surface area contributed by atoms with Gasteiger partial charge in [-0.05, 0) is 43.3 Å². The fourth-order valence-electron chi connectivity index (χ4n) is 2.08. The SMILES string of the molecule is COc1ccccc1OCCNC(=O)C(C)Oc1ccc(C#N)cc1. The first-order valence-electron chi connectivity index (χ1n) is 7.84. The molecule has 1 unspecified atom stereocenters. The molecule has 2 rings (SSSR count). The fraction of sp³-hybridized carbons (Fsp3) is 0.263. The number of carbonyl (C=O) groups is 1. The van der Waals surface area contributed by atoms with Crippen LogP contribution in [0.5, 0.6) is 17.2 Å². The van der Waals surface area contributed by atoms with E-state index in [0.717, 1.165) is 0 Å². The second-order valence-electron chi connectivity index (χ2n) is 5.19. The van der Waals surface area contributed by atoms with Crippen LogP contribution in [-0.4, -0.2) is 32.3 Å². The molecule has 1 N–H and O–H groups in total. The van der Waals surface area contributed by atoms with Crippen LogP contribution >= 0.6 is 0 Å². The van der Waals surface area contributed by atoms with E-state index in [1.165, 1.54) is 0 Å². The summed E-state index contributed by atoms with van der Waals surface area (Å²) in [6, 6.07) is 15.9. The molecule has 2 aromatic carbocycles. The van der Waals surface area contributed by atoms with Gasteiger partial charge in [-0.2, -0.15) is 5.26 Å². The van der Waals surface area contributed by atoms with Gasteiger partial charge in [0.05, 0.1) is 25.3 Å². The minimum absolute atomic E-state index is 0.243. The maximum atomic E-state index is 12.0. The number of benzene rings is 2. The summed E-state index contributed by atoms with van der Waals surface area (Å²) in [6.45, 7) is 2.32. The van der Waals surface area contributed by atoms with Crippen LogP contribution in [0.1, 0.15) is 12.5 Å². The van der Waals surface area contributed by atoms with Crippen molar-refractivity contribution in [2.45, 2.75) is 13.0 Å². The third kappa shape index (κ3) is 5.43. The highest BCUT2D eigenvalue weighted by molar-refractivity contribution is 5.80. The number of hydrogen-bond acceptors (Lipinski definition) is 5. The second kappa shape index (κ2) is 9.18. The van der Waals surface area contributed by atoms with Crippen molar-refractivity contribution in [2.24, 2.45) is 0 Å². The lowest BCUT2D eigenvalue weighted by atomic mass is 10.2. The Morgan fingerprint density at radius 3 is 2.48 bits per heavy atom. The molecule has 0 saturated heterocycles. The highest BCUT2D eigenvalue weighted by atomic mass is 16.5. The number of hydrogen-bond donors (Lipinski definition) is 1. The largest absolute Gasteiger partial charge is 0.493 e. The number of para-hydroxylation sites is 2. The summed E-state index contributed by atoms with van der Waals surface area (Å²) < 4.78 is 16.3. The topological polar surface area (TPSA) is 80.6 Å². The number of carbonyl (C=O) groups excluding carboxylic acids is 1. The average Bonchev–Trinajstić information content (AvgIpc) is 2.65. The zero-order valence-corrected chi connectivity index (χ0v) is 14.2. The molecule has 0 spiro atoms. The molecule has 0 aliphatic rings. The minimum atomic E-state index is -0.654. The van der Waals surface area contributed by atoms with Gasteiger partial charge in [-0.1, -0.05) is 12.1 Å². The van der Waals surface area contributed by atoms with Crippen molar-refractivity contribution in [2.75, 3.05) is 20.3 Å². The van der Waals surface area contributed by atoms with Gasteiger partial charge in [-0.25, -0.2) is 0 Å². The Kier molecular flexibility index (Phi) is 6.66. The van der Waals surface area contributed by atoms with E-state index in [1.807, 2.05) is 18.2 Å². The molecule has 0 aromatic heterocycles. The summed E-state index contributed by atoms with van der Waals surface area (Å²) in [4.78, 5) is 12.0. The van der Waals surface area contributed by atoms with Crippen LogP contribution in [-0.2, 0) is 4.79 Å². The minimum Gasteiger partial charge on any atom is -0.493 e. The summed E-state index contributed by atoms with van der Waals surface area (Å²) >= 11 is 0. The molecule has 0 bridgehead atoms. The number of amides is 1. The van der Waals surface area contributed by atoms with Gasteiger partial charge in [0.2, 0.25) is 0 Å². The van der Waals surface area contributed by atoms with Crippen molar-refractivity contribution in [3.8, 4) is 23.3 Å². The standard InChI is InChI=1S/C19H20N2O4/c1-14(25-16-9-7-15(13-20)8-10-16)19(22)21-11-12-24-18-6-4-3-5-17(18)23-2/h3-10,14H,11-12H2,1-2H3,(H,21,22). The number of rotatable bonds is 8. The van der Waals surface area contributed by atoms with E-state index in [2.05, 4.69) is 5.32 Å². The molecule has 1 amide bonds. The van der Waals surface area contributed by atoms with Crippen molar-refractivity contribution in [1.29, 1.82) is 5.26 Å². The Balaban J connectivity index is 1.74. The van der Waals surface area contributed by atoms with Gasteiger partial charge in [-0.15, -0.1) is 0 Å². The molecular formula is C19H20N2O4. The van der Waals surface area contributed by atoms with Crippen molar-refractivity contribution in [3.63, 3.8) is 0 Å². The van der Waals surface area contributed by atoms with Crippen molar-refractivity contribution in [3.05, 3.63) is 54.1 Å². The molecule has 0 aliphatic heterocycles. The maximum Gasteiger partial charge on any atom is 0.260 e. The monoisotopic (exact) mass is 340 g/mol. The zero-order chi connectivity index (χ0) is 18.1. The van der Waals surface area contributed by atoms with Crippen molar-refractivity contribution >= 4 is 5.91 Å². The van der Waals surface area contributed by atoms with Crippen LogP contribution in [0.2, 0.25) is 0 Å². The predicted molar refractivity (Wildman–Crippen MR) is 92.7 cm³/mol. The normalized spacial score (nSPS) is 11.1. The lowest BCUT2D eigenvalue weighted by molar-refractivity contribution is -0.127. The zero-order valence-electron chi connectivity index (χ0n) is 14.2. The molecule has 6 nitrogen and oxygen atoms in total. The Bertz CT molecular complexity index is 738. The predicted octanol–water partition coefficient (Wildman–Crippen LogP) is 2.53. The van der Waals surface area contributed by atoms with Gasteiger partial charge in [0.15, 0.2) is 17.6 Å². The number of ether oxygens (including phenoxy) is 3. The quantitative estimate of drug-likeness (QED) is 0.747. The Labute approximate surface area is 146 Å². The Morgan fingerprint density at radius 1 is 1.16 bits per heavy atom. The van der Waals surface area contributed by atoms with E-state index in [4.69, 9.17) is 19.5 Å². The molecule has 25 heavy (non-hydrogen) atoms. The highest BCUT2D eigenvalue weighted by Gasteiger charge is 2.14. The summed E-state index contributed by atoms with van der Waals surface area (Å²) in [5.74, 6) is 1.56. The fourth-order valence-corrected chi connectivity index (χ4v) is 2.08. The van der Waals surface area contributed by atoms with E-state index in [0.29, 0.717) is 36.0 Å². The van der Waals surface area contributed by atoms with E-state index in [9.17, 15) is 4.79 Å². The van der Waals surface area contributed by atoms with Gasteiger partial charge >= 0.3 is 0 Å². The molecule has 6 heteroatoms. The van der Waals surface area contributed by atoms with Crippen LogP contribution in [0.3, 0.4) is 0 Å². The molecule has 0 aliphatic carbocycles. The molecule has 130 valence electrons. The van der Waals surface area contributed by atoms with Gasteiger partial charge in [-0.3, -0.25) is 4.79 Å². The third-order valence-corrected chi connectivity index (χ3v) is 3.39. The van der Waals surface area contributed by atoms with Crippen molar-refractivity contribution in [1.82, 2.24) is 5.32 Å². The lowest BCUT2D eigenvalue weighted by Gasteiger charge is -2.15. The van der Waals surface area contributed by atoms with E-state index >= 15 is 0 Å². The number of nitrogens with one attached hydrogen (secondary N) is 1. The maximum absolute atomic E-state index is 12.0. The second-order valence-corrected chi connectivity index (χ2v) is 5.19. The number of methoxy groups -OCH3 is 1. The van der Waals surface area contributed by atoms with Gasteiger partial charge in [0.25, 0.3) is 5.91 Å². The Hall–Kier alpha value is -3.20. The summed E-state index contributed by atoms with van der Waals surface area (Å²) in [5, 5.41) is 11.5. The summed E-state index contributed by atoms with van der Waals surface area (Å²) in [5.41, 5.74) is 0.540. The molecule has 0 fully saturated rings. The van der Waals surface area contributed by atoms with Crippen LogP contribution in [0, 0.1) is 11.3 Å². The van der Waals surface area contributed by atoms with Crippen LogP contribution in [0.4, 0.5) is 0 Å². The number of nitrogens with zero attached hydrogens (tertiary/aromatic N) is 1. The smallest absolute Gasteiger partial charge is 0.260 e. The lowest BCUT2D eigenvalue weighted by Crippen LogP contribution is -2.38. The third-order valence-electron chi connectivity index (χ3n) is 3.39. The van der Waals surface area contributed by atoms with Gasteiger partial charge in [0.1, 0.15) is 12.4 Å². The highest BCUT2D eigenvalue weighted by Crippen LogP contribution is 2.25. The van der Waals surface area contributed by atoms with Crippen molar-refractivity contribution < 1.29 is 19.0 Å². The average molecular weight is 340 g/mol. The van der Waals surface area contributed by atoms with Gasteiger partial charge < -0.3 is 19.5 Å². The molecule has 1 atom stereocenters. The molecule has 0 heterocycles. The molecule has 0 radical (unpaired) electrons.